The molecule has 0 aliphatic rings. The number of carbonyl (C=O) groups excluding carboxylic acids is 3. The quantitative estimate of drug-likeness (QED) is 0.362. The fourth-order valence-corrected chi connectivity index (χ4v) is 2.23. The second kappa shape index (κ2) is 8.80. The fourth-order valence-electron chi connectivity index (χ4n) is 1.43. The van der Waals surface area contributed by atoms with Crippen LogP contribution in [0.25, 0.3) is 0 Å². The Kier molecular flexibility index (Phi) is 7.02. The van der Waals surface area contributed by atoms with E-state index >= 15 is 0 Å². The Morgan fingerprint density at radius 1 is 1.43 bits per heavy atom. The van der Waals surface area contributed by atoms with Crippen molar-refractivity contribution in [2.75, 3.05) is 11.5 Å². The zero-order valence-electron chi connectivity index (χ0n) is 11.0. The molecule has 1 unspecified atom stereocenters. The number of rotatable bonds is 9. The van der Waals surface area contributed by atoms with E-state index in [2.05, 4.69) is 15.6 Å². The number of nitrogens with one attached hydrogen (secondary N) is 3. The van der Waals surface area contributed by atoms with E-state index in [1.807, 2.05) is 0 Å². The number of aromatic amines is 1. The van der Waals surface area contributed by atoms with Crippen LogP contribution in [0.5, 0.6) is 0 Å². The molecule has 1 heterocycles. The molecule has 0 radical (unpaired) electrons. The molecule has 0 aliphatic carbocycles. The molecular weight excluding hydrogens is 298 g/mol. The first-order valence-electron chi connectivity index (χ1n) is 6.02. The van der Waals surface area contributed by atoms with Gasteiger partial charge < -0.3 is 15.4 Å². The molecule has 0 spiro atoms. The third-order valence-electron chi connectivity index (χ3n) is 2.45. The molecule has 0 fully saturated rings. The number of hydrogen-bond donors (Lipinski definition) is 4. The molecular formula is C12H15N3O5S. The van der Waals surface area contributed by atoms with E-state index in [9.17, 15) is 19.2 Å². The van der Waals surface area contributed by atoms with Gasteiger partial charge in [0.15, 0.2) is 0 Å². The Labute approximate surface area is 124 Å². The average Bonchev–Trinajstić information content (AvgIpc) is 2.96. The summed E-state index contributed by atoms with van der Waals surface area (Å²) in [6.07, 6.45) is 2.09. The number of amides is 3. The van der Waals surface area contributed by atoms with Gasteiger partial charge in [0.05, 0.1) is 5.75 Å². The van der Waals surface area contributed by atoms with Crippen molar-refractivity contribution in [3.8, 4) is 0 Å². The number of hydrogen-bond acceptors (Lipinski definition) is 5. The zero-order valence-corrected chi connectivity index (χ0v) is 11.8. The van der Waals surface area contributed by atoms with Crippen molar-refractivity contribution >= 4 is 36.0 Å². The molecule has 4 N–H and O–H groups in total. The summed E-state index contributed by atoms with van der Waals surface area (Å²) >= 11 is 1.18. The first kappa shape index (κ1) is 16.8. The highest BCUT2D eigenvalue weighted by molar-refractivity contribution is 7.99. The molecule has 1 atom stereocenters. The molecule has 8 nitrogen and oxygen atoms in total. The Hall–Kier alpha value is -2.29. The van der Waals surface area contributed by atoms with Crippen LogP contribution in [0.2, 0.25) is 0 Å². The van der Waals surface area contributed by atoms with Gasteiger partial charge in [0, 0.05) is 6.20 Å². The normalized spacial score (nSPS) is 11.4. The molecule has 9 heteroatoms. The molecule has 1 aromatic rings. The monoisotopic (exact) mass is 313 g/mol. The first-order valence-corrected chi connectivity index (χ1v) is 7.18. The zero-order chi connectivity index (χ0) is 15.7. The third kappa shape index (κ3) is 6.13. The fraction of sp³-hybridized carbons (Fsp3) is 0.333. The van der Waals surface area contributed by atoms with Gasteiger partial charge in [-0.3, -0.25) is 19.7 Å². The maximum Gasteiger partial charge on any atom is 0.326 e. The molecule has 3 amide bonds. The standard InChI is InChI=1S/C12H15N3O5S/c16-7-14-9(12(19)20)3-5-21-6-10(17)15-11(18)8-2-1-4-13-8/h1-2,4,7,9,13H,3,5-6H2,(H,14,16)(H,19,20)(H,15,17,18). The van der Waals surface area contributed by atoms with Crippen molar-refractivity contribution < 1.29 is 24.3 Å². The smallest absolute Gasteiger partial charge is 0.326 e. The summed E-state index contributed by atoms with van der Waals surface area (Å²) in [6.45, 7) is 0. The highest BCUT2D eigenvalue weighted by atomic mass is 32.2. The molecule has 0 aliphatic heterocycles. The van der Waals surface area contributed by atoms with Crippen molar-refractivity contribution in [3.63, 3.8) is 0 Å². The Balaban J connectivity index is 2.23. The molecule has 1 rings (SSSR count). The van der Waals surface area contributed by atoms with E-state index in [0.29, 0.717) is 12.2 Å². The van der Waals surface area contributed by atoms with Crippen LogP contribution in [0.1, 0.15) is 16.9 Å². The van der Waals surface area contributed by atoms with E-state index in [1.54, 1.807) is 12.3 Å². The predicted molar refractivity (Wildman–Crippen MR) is 75.8 cm³/mol. The van der Waals surface area contributed by atoms with Gasteiger partial charge in [-0.05, 0) is 24.3 Å². The minimum atomic E-state index is -1.13. The molecule has 114 valence electrons. The SMILES string of the molecule is O=CNC(CCSCC(=O)NC(=O)c1ccc[nH]1)C(=O)O. The number of aromatic nitrogens is 1. The van der Waals surface area contributed by atoms with E-state index in [1.165, 1.54) is 17.8 Å². The summed E-state index contributed by atoms with van der Waals surface area (Å²) in [4.78, 5) is 46.6. The summed E-state index contributed by atoms with van der Waals surface area (Å²) in [5, 5.41) is 13.1. The van der Waals surface area contributed by atoms with Crippen LogP contribution >= 0.6 is 11.8 Å². The molecule has 0 aromatic carbocycles. The molecule has 0 bridgehead atoms. The topological polar surface area (TPSA) is 128 Å². The first-order chi connectivity index (χ1) is 10.0. The van der Waals surface area contributed by atoms with E-state index in [4.69, 9.17) is 5.11 Å². The van der Waals surface area contributed by atoms with Crippen LogP contribution in [-0.4, -0.2) is 51.8 Å². The van der Waals surface area contributed by atoms with Gasteiger partial charge >= 0.3 is 5.97 Å². The van der Waals surface area contributed by atoms with Crippen LogP contribution in [0.3, 0.4) is 0 Å². The summed E-state index contributed by atoms with van der Waals surface area (Å²) in [7, 11) is 0. The Morgan fingerprint density at radius 3 is 2.76 bits per heavy atom. The average molecular weight is 313 g/mol. The van der Waals surface area contributed by atoms with Gasteiger partial charge in [0.1, 0.15) is 11.7 Å². The van der Waals surface area contributed by atoms with E-state index in [-0.39, 0.29) is 17.9 Å². The van der Waals surface area contributed by atoms with Gasteiger partial charge in [-0.2, -0.15) is 11.8 Å². The van der Waals surface area contributed by atoms with Crippen LogP contribution in [0.15, 0.2) is 18.3 Å². The maximum absolute atomic E-state index is 11.5. The maximum atomic E-state index is 11.5. The summed E-state index contributed by atoms with van der Waals surface area (Å²) in [6, 6.07) is 2.21. The molecule has 21 heavy (non-hydrogen) atoms. The Morgan fingerprint density at radius 2 is 2.19 bits per heavy atom. The van der Waals surface area contributed by atoms with Crippen LogP contribution < -0.4 is 10.6 Å². The minimum absolute atomic E-state index is 0.0277. The van der Waals surface area contributed by atoms with Gasteiger partial charge in [0.2, 0.25) is 12.3 Å². The van der Waals surface area contributed by atoms with E-state index < -0.39 is 23.8 Å². The number of aliphatic carboxylic acids is 1. The number of carboxylic acid groups (broad SMARTS) is 1. The number of carbonyl (C=O) groups is 4. The van der Waals surface area contributed by atoms with Crippen molar-refractivity contribution in [1.82, 2.24) is 15.6 Å². The van der Waals surface area contributed by atoms with Gasteiger partial charge in [-0.25, -0.2) is 4.79 Å². The Bertz CT molecular complexity index is 503. The largest absolute Gasteiger partial charge is 0.480 e. The summed E-state index contributed by atoms with van der Waals surface area (Å²) in [5.41, 5.74) is 0.287. The summed E-state index contributed by atoms with van der Waals surface area (Å²) < 4.78 is 0. The second-order valence-corrected chi connectivity index (χ2v) is 5.08. The van der Waals surface area contributed by atoms with Gasteiger partial charge in [0.25, 0.3) is 5.91 Å². The lowest BCUT2D eigenvalue weighted by Gasteiger charge is -2.10. The molecule has 1 aromatic heterocycles. The lowest BCUT2D eigenvalue weighted by Crippen LogP contribution is -2.36. The van der Waals surface area contributed by atoms with Crippen molar-refractivity contribution in [2.24, 2.45) is 0 Å². The summed E-state index contributed by atoms with van der Waals surface area (Å²) in [5.74, 6) is -1.72. The van der Waals surface area contributed by atoms with E-state index in [0.717, 1.165) is 0 Å². The van der Waals surface area contributed by atoms with Gasteiger partial charge in [-0.1, -0.05) is 0 Å². The highest BCUT2D eigenvalue weighted by Gasteiger charge is 2.16. The number of thioether (sulfide) groups is 1. The molecule has 0 saturated carbocycles. The predicted octanol–water partition coefficient (Wildman–Crippen LogP) is -0.406. The number of imide groups is 1. The van der Waals surface area contributed by atoms with Crippen LogP contribution in [0, 0.1) is 0 Å². The third-order valence-corrected chi connectivity index (χ3v) is 3.44. The van der Waals surface area contributed by atoms with Crippen LogP contribution in [-0.2, 0) is 14.4 Å². The lowest BCUT2D eigenvalue weighted by molar-refractivity contribution is -0.140. The second-order valence-electron chi connectivity index (χ2n) is 3.98. The van der Waals surface area contributed by atoms with Crippen molar-refractivity contribution in [2.45, 2.75) is 12.5 Å². The van der Waals surface area contributed by atoms with Crippen LogP contribution in [0.4, 0.5) is 0 Å². The van der Waals surface area contributed by atoms with Crippen molar-refractivity contribution in [3.05, 3.63) is 24.0 Å². The highest BCUT2D eigenvalue weighted by Crippen LogP contribution is 2.05. The number of H-pyrrole nitrogens is 1. The number of carboxylic acids is 1. The minimum Gasteiger partial charge on any atom is -0.480 e. The lowest BCUT2D eigenvalue weighted by atomic mass is 10.2. The van der Waals surface area contributed by atoms with Crippen molar-refractivity contribution in [1.29, 1.82) is 0 Å². The molecule has 0 saturated heterocycles. The van der Waals surface area contributed by atoms with Gasteiger partial charge in [-0.15, -0.1) is 0 Å².